The molecular formula is C20H42ClN. The van der Waals surface area contributed by atoms with Crippen LogP contribution in [-0.2, 0) is 0 Å². The molecule has 0 aromatic carbocycles. The minimum absolute atomic E-state index is 1.03. The molecule has 0 fully saturated rings. The zero-order valence-corrected chi connectivity index (χ0v) is 16.3. The van der Waals surface area contributed by atoms with Crippen molar-refractivity contribution in [1.29, 1.82) is 0 Å². The maximum absolute atomic E-state index is 5.78. The van der Waals surface area contributed by atoms with Gasteiger partial charge in [0, 0.05) is 13.6 Å². The van der Waals surface area contributed by atoms with Crippen molar-refractivity contribution < 1.29 is 0 Å². The second kappa shape index (κ2) is 19.3. The topological polar surface area (TPSA) is 3.24 Å². The van der Waals surface area contributed by atoms with Crippen LogP contribution in [0, 0.1) is 0 Å². The van der Waals surface area contributed by atoms with Crippen molar-refractivity contribution >= 4 is 11.8 Å². The predicted molar refractivity (Wildman–Crippen MR) is 103 cm³/mol. The minimum atomic E-state index is 1.03. The molecule has 0 saturated heterocycles. The Morgan fingerprint density at radius 3 is 1.05 bits per heavy atom. The molecule has 1 nitrogen and oxygen atoms in total. The van der Waals surface area contributed by atoms with Gasteiger partial charge in [0.15, 0.2) is 0 Å². The van der Waals surface area contributed by atoms with Crippen LogP contribution in [0.4, 0.5) is 0 Å². The van der Waals surface area contributed by atoms with Gasteiger partial charge in [-0.1, -0.05) is 110 Å². The molecule has 0 aliphatic carbocycles. The number of halogens is 1. The molecule has 134 valence electrons. The van der Waals surface area contributed by atoms with E-state index in [-0.39, 0.29) is 0 Å². The first-order valence-electron chi connectivity index (χ1n) is 10.1. The Kier molecular flexibility index (Phi) is 19.5. The Morgan fingerprint density at radius 2 is 0.773 bits per heavy atom. The molecule has 2 heteroatoms. The fourth-order valence-electron chi connectivity index (χ4n) is 3.05. The molecule has 0 radical (unpaired) electrons. The second-order valence-corrected chi connectivity index (χ2v) is 7.56. The van der Waals surface area contributed by atoms with Gasteiger partial charge in [-0.25, -0.2) is 4.42 Å². The van der Waals surface area contributed by atoms with E-state index in [0.29, 0.717) is 0 Å². The summed E-state index contributed by atoms with van der Waals surface area (Å²) in [6, 6.07) is 0. The van der Waals surface area contributed by atoms with Crippen LogP contribution in [-0.4, -0.2) is 18.0 Å². The Bertz CT molecular complexity index is 194. The summed E-state index contributed by atoms with van der Waals surface area (Å²) in [7, 11) is 1.94. The lowest BCUT2D eigenvalue weighted by Gasteiger charge is -2.06. The van der Waals surface area contributed by atoms with Gasteiger partial charge in [0.1, 0.15) is 0 Å². The molecule has 0 aromatic heterocycles. The van der Waals surface area contributed by atoms with Crippen LogP contribution < -0.4 is 0 Å². The molecular weight excluding hydrogens is 290 g/mol. The maximum Gasteiger partial charge on any atom is 0.0135 e. The monoisotopic (exact) mass is 331 g/mol. The van der Waals surface area contributed by atoms with Gasteiger partial charge in [0.05, 0.1) is 0 Å². The summed E-state index contributed by atoms with van der Waals surface area (Å²) in [6.07, 6.45) is 24.3. The molecule has 0 aliphatic rings. The second-order valence-electron chi connectivity index (χ2n) is 6.99. The zero-order valence-electron chi connectivity index (χ0n) is 15.6. The first-order valence-corrected chi connectivity index (χ1v) is 10.5. The Balaban J connectivity index is 2.94. The smallest absolute Gasteiger partial charge is 0.0135 e. The molecule has 0 N–H and O–H groups in total. The number of rotatable bonds is 18. The molecule has 22 heavy (non-hydrogen) atoms. The maximum atomic E-state index is 5.78. The van der Waals surface area contributed by atoms with Crippen molar-refractivity contribution in [2.24, 2.45) is 0 Å². The number of unbranched alkanes of at least 4 members (excludes halogenated alkanes) is 16. The van der Waals surface area contributed by atoms with E-state index >= 15 is 0 Å². The molecule has 0 amide bonds. The van der Waals surface area contributed by atoms with E-state index in [9.17, 15) is 0 Å². The van der Waals surface area contributed by atoms with E-state index < -0.39 is 0 Å². The van der Waals surface area contributed by atoms with Gasteiger partial charge < -0.3 is 0 Å². The van der Waals surface area contributed by atoms with Crippen molar-refractivity contribution in [3.05, 3.63) is 0 Å². The summed E-state index contributed by atoms with van der Waals surface area (Å²) in [4.78, 5) is 0. The van der Waals surface area contributed by atoms with Gasteiger partial charge in [0.25, 0.3) is 0 Å². The summed E-state index contributed by atoms with van der Waals surface area (Å²) >= 11 is 5.78. The third kappa shape index (κ3) is 20.2. The third-order valence-electron chi connectivity index (χ3n) is 4.57. The van der Waals surface area contributed by atoms with Gasteiger partial charge in [-0.15, -0.1) is 0 Å². The minimum Gasteiger partial charge on any atom is -0.223 e. The first-order chi connectivity index (χ1) is 10.8. The van der Waals surface area contributed by atoms with Crippen molar-refractivity contribution in [1.82, 2.24) is 4.42 Å². The highest BCUT2D eigenvalue weighted by molar-refractivity contribution is 6.13. The van der Waals surface area contributed by atoms with Gasteiger partial charge in [-0.3, -0.25) is 0 Å². The predicted octanol–water partition coefficient (Wildman–Crippen LogP) is 7.72. The van der Waals surface area contributed by atoms with Crippen LogP contribution in [0.3, 0.4) is 0 Å². The molecule has 0 saturated carbocycles. The Labute approximate surface area is 146 Å². The first kappa shape index (κ1) is 22.2. The quantitative estimate of drug-likeness (QED) is 0.183. The van der Waals surface area contributed by atoms with E-state index in [4.69, 9.17) is 11.8 Å². The van der Waals surface area contributed by atoms with Crippen LogP contribution in [0.5, 0.6) is 0 Å². The molecule has 0 rings (SSSR count). The highest BCUT2D eigenvalue weighted by atomic mass is 35.5. The largest absolute Gasteiger partial charge is 0.223 e. The van der Waals surface area contributed by atoms with Crippen molar-refractivity contribution in [3.8, 4) is 0 Å². The average molecular weight is 332 g/mol. The summed E-state index contributed by atoms with van der Waals surface area (Å²) in [6.45, 7) is 3.32. The zero-order chi connectivity index (χ0) is 16.3. The highest BCUT2D eigenvalue weighted by Gasteiger charge is 1.95. The summed E-state index contributed by atoms with van der Waals surface area (Å²) in [5, 5.41) is 0. The molecule has 0 aliphatic heterocycles. The van der Waals surface area contributed by atoms with Crippen molar-refractivity contribution in [2.45, 2.75) is 116 Å². The summed E-state index contributed by atoms with van der Waals surface area (Å²) in [5.74, 6) is 0. The molecule has 0 unspecified atom stereocenters. The van der Waals surface area contributed by atoms with Crippen molar-refractivity contribution in [3.63, 3.8) is 0 Å². The molecule has 0 bridgehead atoms. The van der Waals surface area contributed by atoms with Gasteiger partial charge in [-0.2, -0.15) is 0 Å². The number of hydrogen-bond acceptors (Lipinski definition) is 1. The van der Waals surface area contributed by atoms with Crippen LogP contribution in [0.15, 0.2) is 0 Å². The molecule has 0 spiro atoms. The Hall–Kier alpha value is 0.250. The van der Waals surface area contributed by atoms with Gasteiger partial charge in [-0.05, 0) is 18.2 Å². The van der Waals surface area contributed by atoms with E-state index in [1.54, 1.807) is 4.42 Å². The summed E-state index contributed by atoms with van der Waals surface area (Å²) in [5.41, 5.74) is 0. The number of hydrogen-bond donors (Lipinski definition) is 0. The van der Waals surface area contributed by atoms with Crippen LogP contribution in [0.2, 0.25) is 0 Å². The van der Waals surface area contributed by atoms with E-state index in [1.165, 1.54) is 109 Å². The lowest BCUT2D eigenvalue weighted by atomic mass is 10.0. The normalized spacial score (nSPS) is 11.5. The van der Waals surface area contributed by atoms with Crippen molar-refractivity contribution in [2.75, 3.05) is 13.6 Å². The van der Waals surface area contributed by atoms with Crippen LogP contribution >= 0.6 is 11.8 Å². The van der Waals surface area contributed by atoms with E-state index in [0.717, 1.165) is 6.54 Å². The average Bonchev–Trinajstić information content (AvgIpc) is 2.50. The lowest BCUT2D eigenvalue weighted by Crippen LogP contribution is -2.05. The van der Waals surface area contributed by atoms with E-state index in [2.05, 4.69) is 6.92 Å². The molecule has 0 heterocycles. The van der Waals surface area contributed by atoms with Gasteiger partial charge >= 0.3 is 0 Å². The van der Waals surface area contributed by atoms with E-state index in [1.807, 2.05) is 7.05 Å². The lowest BCUT2D eigenvalue weighted by molar-refractivity contribution is 0.489. The van der Waals surface area contributed by atoms with Gasteiger partial charge in [0.2, 0.25) is 0 Å². The van der Waals surface area contributed by atoms with Crippen LogP contribution in [0.1, 0.15) is 116 Å². The molecule has 0 aromatic rings. The standard InChI is InChI=1S/C20H42ClN/c1-3-4-5-6-7-8-9-10-11-12-13-14-15-16-17-18-19-20-22(2)21/h3-20H2,1-2H3. The fourth-order valence-corrected chi connectivity index (χ4v) is 3.17. The number of nitrogens with zero attached hydrogens (tertiary/aromatic N) is 1. The Morgan fingerprint density at radius 1 is 0.500 bits per heavy atom. The molecule has 0 atom stereocenters. The van der Waals surface area contributed by atoms with Crippen LogP contribution in [0.25, 0.3) is 0 Å². The third-order valence-corrected chi connectivity index (χ3v) is 4.74. The SMILES string of the molecule is CCCCCCCCCCCCCCCCCCCN(C)Cl. The fraction of sp³-hybridized carbons (Fsp3) is 1.00. The highest BCUT2D eigenvalue weighted by Crippen LogP contribution is 2.14. The summed E-state index contributed by atoms with van der Waals surface area (Å²) < 4.78 is 1.77.